The third kappa shape index (κ3) is 4.27. The SMILES string of the molecule is CCC(=O)N1CCC[C@H](c2nc(C)c3c(n2)N(Cc2ccc(OC)cc2)CCC3)C1. The van der Waals surface area contributed by atoms with Crippen LogP contribution in [-0.2, 0) is 17.8 Å². The summed E-state index contributed by atoms with van der Waals surface area (Å²) in [5.41, 5.74) is 3.61. The van der Waals surface area contributed by atoms with Crippen LogP contribution in [0.3, 0.4) is 0 Å². The van der Waals surface area contributed by atoms with Gasteiger partial charge in [0.1, 0.15) is 17.4 Å². The number of piperidine rings is 1. The third-order valence-electron chi connectivity index (χ3n) is 6.34. The number of nitrogens with zero attached hydrogens (tertiary/aromatic N) is 4. The largest absolute Gasteiger partial charge is 0.497 e. The summed E-state index contributed by atoms with van der Waals surface area (Å²) in [5, 5.41) is 0. The number of fused-ring (bicyclic) bond motifs is 1. The predicted octanol–water partition coefficient (Wildman–Crippen LogP) is 3.86. The number of aryl methyl sites for hydroxylation is 1. The van der Waals surface area contributed by atoms with Gasteiger partial charge in [-0.15, -0.1) is 0 Å². The van der Waals surface area contributed by atoms with Gasteiger partial charge in [-0.05, 0) is 50.3 Å². The van der Waals surface area contributed by atoms with Crippen molar-refractivity contribution in [1.82, 2.24) is 14.9 Å². The molecule has 0 unspecified atom stereocenters. The molecule has 0 radical (unpaired) electrons. The van der Waals surface area contributed by atoms with Crippen molar-refractivity contribution in [2.75, 3.05) is 31.6 Å². The number of amides is 1. The lowest BCUT2D eigenvalue weighted by molar-refractivity contribution is -0.132. The predicted molar refractivity (Wildman–Crippen MR) is 118 cm³/mol. The van der Waals surface area contributed by atoms with Crippen molar-refractivity contribution in [1.29, 1.82) is 0 Å². The van der Waals surface area contributed by atoms with Gasteiger partial charge in [-0.1, -0.05) is 19.1 Å². The molecular formula is C24H32N4O2. The van der Waals surface area contributed by atoms with E-state index in [9.17, 15) is 4.79 Å². The Balaban J connectivity index is 1.59. The highest BCUT2D eigenvalue weighted by Crippen LogP contribution is 2.32. The summed E-state index contributed by atoms with van der Waals surface area (Å²) in [6.45, 7) is 7.47. The van der Waals surface area contributed by atoms with Crippen molar-refractivity contribution < 1.29 is 9.53 Å². The molecule has 1 amide bonds. The number of carbonyl (C=O) groups is 1. The monoisotopic (exact) mass is 408 g/mol. The number of anilines is 1. The molecule has 3 heterocycles. The van der Waals surface area contributed by atoms with Crippen molar-refractivity contribution in [3.8, 4) is 5.75 Å². The minimum atomic E-state index is 0.225. The normalized spacial score (nSPS) is 18.8. The fourth-order valence-corrected chi connectivity index (χ4v) is 4.63. The van der Waals surface area contributed by atoms with E-state index in [2.05, 4.69) is 24.0 Å². The van der Waals surface area contributed by atoms with Gasteiger partial charge in [-0.2, -0.15) is 0 Å². The first-order valence-electron chi connectivity index (χ1n) is 11.1. The van der Waals surface area contributed by atoms with Crippen molar-refractivity contribution in [2.45, 2.75) is 58.4 Å². The van der Waals surface area contributed by atoms with Crippen LogP contribution >= 0.6 is 0 Å². The minimum absolute atomic E-state index is 0.225. The number of ether oxygens (including phenoxy) is 1. The fraction of sp³-hybridized carbons (Fsp3) is 0.542. The van der Waals surface area contributed by atoms with Gasteiger partial charge >= 0.3 is 0 Å². The van der Waals surface area contributed by atoms with E-state index in [1.54, 1.807) is 7.11 Å². The van der Waals surface area contributed by atoms with Crippen molar-refractivity contribution in [3.63, 3.8) is 0 Å². The summed E-state index contributed by atoms with van der Waals surface area (Å²) in [6, 6.07) is 8.27. The van der Waals surface area contributed by atoms with E-state index in [0.29, 0.717) is 6.42 Å². The Hall–Kier alpha value is -2.63. The molecule has 0 aliphatic carbocycles. The molecule has 0 N–H and O–H groups in total. The minimum Gasteiger partial charge on any atom is -0.497 e. The molecule has 30 heavy (non-hydrogen) atoms. The van der Waals surface area contributed by atoms with Gasteiger partial charge in [0, 0.05) is 49.8 Å². The maximum absolute atomic E-state index is 12.2. The number of carbonyl (C=O) groups excluding carboxylic acids is 1. The lowest BCUT2D eigenvalue weighted by Crippen LogP contribution is -2.39. The Kier molecular flexibility index (Phi) is 6.21. The molecule has 0 saturated carbocycles. The second-order valence-corrected chi connectivity index (χ2v) is 8.38. The van der Waals surface area contributed by atoms with Gasteiger partial charge in [-0.3, -0.25) is 4.79 Å². The zero-order valence-corrected chi connectivity index (χ0v) is 18.4. The Morgan fingerprint density at radius 1 is 1.17 bits per heavy atom. The molecule has 6 heteroatoms. The maximum Gasteiger partial charge on any atom is 0.222 e. The van der Waals surface area contributed by atoms with Crippen LogP contribution in [0, 0.1) is 6.92 Å². The van der Waals surface area contributed by atoms with E-state index in [1.807, 2.05) is 24.0 Å². The molecule has 2 aliphatic rings. The summed E-state index contributed by atoms with van der Waals surface area (Å²) in [7, 11) is 1.69. The van der Waals surface area contributed by atoms with Crippen LogP contribution in [0.2, 0.25) is 0 Å². The van der Waals surface area contributed by atoms with E-state index in [4.69, 9.17) is 14.7 Å². The molecule has 1 atom stereocenters. The summed E-state index contributed by atoms with van der Waals surface area (Å²) in [5.74, 6) is 3.32. The van der Waals surface area contributed by atoms with Crippen LogP contribution in [0.15, 0.2) is 24.3 Å². The van der Waals surface area contributed by atoms with Crippen LogP contribution in [0.1, 0.15) is 61.2 Å². The van der Waals surface area contributed by atoms with E-state index >= 15 is 0 Å². The number of aromatic nitrogens is 2. The molecule has 4 rings (SSSR count). The fourth-order valence-electron chi connectivity index (χ4n) is 4.63. The average molecular weight is 409 g/mol. The van der Waals surface area contributed by atoms with Crippen molar-refractivity contribution in [2.24, 2.45) is 0 Å². The zero-order valence-electron chi connectivity index (χ0n) is 18.4. The maximum atomic E-state index is 12.2. The van der Waals surface area contributed by atoms with Crippen molar-refractivity contribution in [3.05, 3.63) is 46.9 Å². The Morgan fingerprint density at radius 3 is 2.70 bits per heavy atom. The molecule has 1 aromatic heterocycles. The molecule has 0 spiro atoms. The molecular weight excluding hydrogens is 376 g/mol. The van der Waals surface area contributed by atoms with Gasteiger partial charge < -0.3 is 14.5 Å². The smallest absolute Gasteiger partial charge is 0.222 e. The van der Waals surface area contributed by atoms with Gasteiger partial charge in [0.25, 0.3) is 0 Å². The number of methoxy groups -OCH3 is 1. The van der Waals surface area contributed by atoms with E-state index < -0.39 is 0 Å². The summed E-state index contributed by atoms with van der Waals surface area (Å²) < 4.78 is 5.29. The number of hydrogen-bond donors (Lipinski definition) is 0. The second kappa shape index (κ2) is 9.02. The molecule has 0 bridgehead atoms. The molecule has 2 aliphatic heterocycles. The van der Waals surface area contributed by atoms with Gasteiger partial charge in [0.2, 0.25) is 5.91 Å². The van der Waals surface area contributed by atoms with Gasteiger partial charge in [0.05, 0.1) is 7.11 Å². The van der Waals surface area contributed by atoms with E-state index in [-0.39, 0.29) is 11.8 Å². The van der Waals surface area contributed by atoms with Crippen molar-refractivity contribution >= 4 is 11.7 Å². The molecule has 160 valence electrons. The highest BCUT2D eigenvalue weighted by atomic mass is 16.5. The topological polar surface area (TPSA) is 58.6 Å². The number of benzene rings is 1. The molecule has 1 fully saturated rings. The summed E-state index contributed by atoms with van der Waals surface area (Å²) in [6.07, 6.45) is 4.78. The van der Waals surface area contributed by atoms with Crippen LogP contribution in [-0.4, -0.2) is 47.5 Å². The standard InChI is InChI=1S/C24H32N4O2/c1-4-22(29)27-13-5-7-19(16-27)23-25-17(2)21-8-6-14-28(24(21)26-23)15-18-9-11-20(30-3)12-10-18/h9-12,19H,4-8,13-16H2,1-3H3/t19-/m0/s1. The van der Waals surface area contributed by atoms with E-state index in [0.717, 1.165) is 74.9 Å². The highest BCUT2D eigenvalue weighted by Gasteiger charge is 2.29. The molecule has 2 aromatic rings. The lowest BCUT2D eigenvalue weighted by atomic mass is 9.95. The summed E-state index contributed by atoms with van der Waals surface area (Å²) >= 11 is 0. The third-order valence-corrected chi connectivity index (χ3v) is 6.34. The van der Waals surface area contributed by atoms with Crippen LogP contribution < -0.4 is 9.64 Å². The Bertz CT molecular complexity index is 897. The molecule has 1 aromatic carbocycles. The lowest BCUT2D eigenvalue weighted by Gasteiger charge is -2.34. The average Bonchev–Trinajstić information content (AvgIpc) is 2.79. The highest BCUT2D eigenvalue weighted by molar-refractivity contribution is 5.76. The number of rotatable bonds is 5. The van der Waals surface area contributed by atoms with Crippen LogP contribution in [0.4, 0.5) is 5.82 Å². The number of hydrogen-bond acceptors (Lipinski definition) is 5. The van der Waals surface area contributed by atoms with E-state index in [1.165, 1.54) is 11.1 Å². The van der Waals surface area contributed by atoms with Crippen LogP contribution in [0.5, 0.6) is 5.75 Å². The zero-order chi connectivity index (χ0) is 21.1. The van der Waals surface area contributed by atoms with Crippen LogP contribution in [0.25, 0.3) is 0 Å². The Labute approximate surface area is 179 Å². The van der Waals surface area contributed by atoms with Gasteiger partial charge in [-0.25, -0.2) is 9.97 Å². The molecule has 1 saturated heterocycles. The quantitative estimate of drug-likeness (QED) is 0.752. The number of likely N-dealkylation sites (tertiary alicyclic amines) is 1. The Morgan fingerprint density at radius 2 is 1.97 bits per heavy atom. The summed E-state index contributed by atoms with van der Waals surface area (Å²) in [4.78, 5) is 26.6. The van der Waals surface area contributed by atoms with Gasteiger partial charge in [0.15, 0.2) is 0 Å². The first-order chi connectivity index (χ1) is 14.6. The first kappa shape index (κ1) is 20.6. The first-order valence-corrected chi connectivity index (χ1v) is 11.1. The molecule has 6 nitrogen and oxygen atoms in total. The second-order valence-electron chi connectivity index (χ2n) is 8.38.